The lowest BCUT2D eigenvalue weighted by molar-refractivity contribution is -0.137. The summed E-state index contributed by atoms with van der Waals surface area (Å²) in [5.74, 6) is -0.654. The van der Waals surface area contributed by atoms with E-state index >= 15 is 0 Å². The minimum atomic E-state index is -0.654. The van der Waals surface area contributed by atoms with E-state index in [2.05, 4.69) is 6.92 Å². The molecule has 0 heterocycles. The van der Waals surface area contributed by atoms with E-state index in [1.54, 1.807) is 0 Å². The van der Waals surface area contributed by atoms with Gasteiger partial charge in [0.25, 0.3) is 0 Å². The number of carboxylic acid groups (broad SMARTS) is 1. The molecule has 0 bridgehead atoms. The molecule has 32 heavy (non-hydrogen) atoms. The standard InChI is InChI=1S/C29H58O3/c1-2-28(30)26-24-22-20-18-16-14-12-10-8-6-4-3-5-7-9-11-13-15-17-19-21-23-25-27-29(31)32/h28,30H,2-27H2,1H3,(H,31,32). The molecule has 1 unspecified atom stereocenters. The average molecular weight is 455 g/mol. The summed E-state index contributed by atoms with van der Waals surface area (Å²) >= 11 is 0. The Morgan fingerprint density at radius 2 is 0.750 bits per heavy atom. The first-order chi connectivity index (χ1) is 15.7. The lowest BCUT2D eigenvalue weighted by atomic mass is 10.0. The molecule has 0 saturated carbocycles. The first kappa shape index (κ1) is 31.4. The smallest absolute Gasteiger partial charge is 0.303 e. The van der Waals surface area contributed by atoms with Crippen molar-refractivity contribution in [2.75, 3.05) is 0 Å². The number of carbonyl (C=O) groups is 1. The van der Waals surface area contributed by atoms with Crippen LogP contribution in [0.4, 0.5) is 0 Å². The quantitative estimate of drug-likeness (QED) is 0.121. The first-order valence-electron chi connectivity index (χ1n) is 14.6. The molecule has 3 nitrogen and oxygen atoms in total. The molecular formula is C29H58O3. The van der Waals surface area contributed by atoms with Crippen LogP contribution in [-0.4, -0.2) is 22.3 Å². The third kappa shape index (κ3) is 27.5. The summed E-state index contributed by atoms with van der Waals surface area (Å²) in [6, 6.07) is 0. The summed E-state index contributed by atoms with van der Waals surface area (Å²) in [4.78, 5) is 10.4. The highest BCUT2D eigenvalue weighted by Crippen LogP contribution is 2.16. The molecule has 192 valence electrons. The van der Waals surface area contributed by atoms with Crippen LogP contribution in [0.3, 0.4) is 0 Å². The number of hydrogen-bond donors (Lipinski definition) is 2. The van der Waals surface area contributed by atoms with Crippen molar-refractivity contribution in [2.24, 2.45) is 0 Å². The van der Waals surface area contributed by atoms with E-state index in [1.807, 2.05) is 0 Å². The predicted octanol–water partition coefficient (Wildman–Crippen LogP) is 9.59. The second kappa shape index (κ2) is 26.7. The molecule has 0 aromatic carbocycles. The molecule has 0 aliphatic rings. The van der Waals surface area contributed by atoms with Gasteiger partial charge in [0.05, 0.1) is 6.10 Å². The Labute approximate surface area is 201 Å². The molecule has 0 radical (unpaired) electrons. The maximum absolute atomic E-state index is 10.4. The fourth-order valence-electron chi connectivity index (χ4n) is 4.57. The molecule has 1 atom stereocenters. The molecule has 0 spiro atoms. The number of aliphatic carboxylic acids is 1. The number of carboxylic acids is 1. The molecule has 3 heteroatoms. The van der Waals surface area contributed by atoms with Crippen LogP contribution >= 0.6 is 0 Å². The van der Waals surface area contributed by atoms with Gasteiger partial charge in [-0.15, -0.1) is 0 Å². The Hall–Kier alpha value is -0.570. The molecule has 0 fully saturated rings. The van der Waals surface area contributed by atoms with Crippen LogP contribution in [0, 0.1) is 0 Å². The van der Waals surface area contributed by atoms with Gasteiger partial charge in [-0.25, -0.2) is 0 Å². The van der Waals surface area contributed by atoms with Crippen LogP contribution in [0.1, 0.15) is 174 Å². The summed E-state index contributed by atoms with van der Waals surface area (Å²) in [5, 5.41) is 18.1. The number of unbranched alkanes of at least 4 members (excludes halogenated alkanes) is 22. The lowest BCUT2D eigenvalue weighted by Gasteiger charge is -2.06. The van der Waals surface area contributed by atoms with Gasteiger partial charge in [0, 0.05) is 6.42 Å². The summed E-state index contributed by atoms with van der Waals surface area (Å²) in [6.07, 6.45) is 33.0. The van der Waals surface area contributed by atoms with E-state index < -0.39 is 5.97 Å². The van der Waals surface area contributed by atoms with E-state index in [0.717, 1.165) is 25.7 Å². The van der Waals surface area contributed by atoms with Crippen LogP contribution in [0.2, 0.25) is 0 Å². The first-order valence-corrected chi connectivity index (χ1v) is 14.6. The van der Waals surface area contributed by atoms with Gasteiger partial charge in [-0.05, 0) is 19.3 Å². The Kier molecular flexibility index (Phi) is 26.2. The molecule has 2 N–H and O–H groups in total. The highest BCUT2D eigenvalue weighted by molar-refractivity contribution is 5.66. The van der Waals surface area contributed by atoms with Crippen molar-refractivity contribution in [3.05, 3.63) is 0 Å². The zero-order valence-electron chi connectivity index (χ0n) is 21.8. The molecule has 0 amide bonds. The van der Waals surface area contributed by atoms with Gasteiger partial charge in [-0.2, -0.15) is 0 Å². The lowest BCUT2D eigenvalue weighted by Crippen LogP contribution is -2.03. The van der Waals surface area contributed by atoms with Crippen molar-refractivity contribution in [2.45, 2.75) is 180 Å². The predicted molar refractivity (Wildman–Crippen MR) is 139 cm³/mol. The largest absolute Gasteiger partial charge is 0.481 e. The summed E-state index contributed by atoms with van der Waals surface area (Å²) in [5.41, 5.74) is 0. The topological polar surface area (TPSA) is 57.5 Å². The van der Waals surface area contributed by atoms with E-state index in [1.165, 1.54) is 135 Å². The second-order valence-corrected chi connectivity index (χ2v) is 10.1. The molecular weight excluding hydrogens is 396 g/mol. The highest BCUT2D eigenvalue weighted by Gasteiger charge is 2.00. The second-order valence-electron chi connectivity index (χ2n) is 10.1. The Morgan fingerprint density at radius 1 is 0.500 bits per heavy atom. The minimum Gasteiger partial charge on any atom is -0.481 e. The van der Waals surface area contributed by atoms with Gasteiger partial charge in [-0.3, -0.25) is 4.79 Å². The number of aliphatic hydroxyl groups excluding tert-OH is 1. The zero-order valence-corrected chi connectivity index (χ0v) is 21.8. The number of rotatable bonds is 27. The van der Waals surface area contributed by atoms with Gasteiger partial charge in [0.2, 0.25) is 0 Å². The third-order valence-corrected chi connectivity index (χ3v) is 6.90. The molecule has 0 saturated heterocycles. The van der Waals surface area contributed by atoms with E-state index in [9.17, 15) is 9.90 Å². The Morgan fingerprint density at radius 3 is 1.00 bits per heavy atom. The van der Waals surface area contributed by atoms with Gasteiger partial charge in [-0.1, -0.05) is 148 Å². The van der Waals surface area contributed by atoms with Gasteiger partial charge in [0.15, 0.2) is 0 Å². The molecule has 0 aliphatic carbocycles. The van der Waals surface area contributed by atoms with Crippen LogP contribution in [0.25, 0.3) is 0 Å². The molecule has 0 aromatic heterocycles. The van der Waals surface area contributed by atoms with Crippen LogP contribution in [0.15, 0.2) is 0 Å². The van der Waals surface area contributed by atoms with Crippen LogP contribution < -0.4 is 0 Å². The third-order valence-electron chi connectivity index (χ3n) is 6.90. The van der Waals surface area contributed by atoms with Crippen molar-refractivity contribution in [1.82, 2.24) is 0 Å². The van der Waals surface area contributed by atoms with Crippen LogP contribution in [-0.2, 0) is 4.79 Å². The molecule has 0 rings (SSSR count). The molecule has 0 aliphatic heterocycles. The SMILES string of the molecule is CCC(O)CCCCCCCCCCCCCCCCCCCCCCCCCC(=O)O. The Bertz CT molecular complexity index is 369. The summed E-state index contributed by atoms with van der Waals surface area (Å²) < 4.78 is 0. The Balaban J connectivity index is 3.03. The van der Waals surface area contributed by atoms with Crippen molar-refractivity contribution in [1.29, 1.82) is 0 Å². The van der Waals surface area contributed by atoms with Crippen molar-refractivity contribution < 1.29 is 15.0 Å². The summed E-state index contributed by atoms with van der Waals surface area (Å²) in [6.45, 7) is 2.06. The number of hydrogen-bond acceptors (Lipinski definition) is 2. The maximum Gasteiger partial charge on any atom is 0.303 e. The van der Waals surface area contributed by atoms with Crippen LogP contribution in [0.5, 0.6) is 0 Å². The molecule has 0 aromatic rings. The van der Waals surface area contributed by atoms with Gasteiger partial charge < -0.3 is 10.2 Å². The average Bonchev–Trinajstić information content (AvgIpc) is 2.78. The van der Waals surface area contributed by atoms with E-state index in [0.29, 0.717) is 6.42 Å². The van der Waals surface area contributed by atoms with E-state index in [4.69, 9.17) is 5.11 Å². The minimum absolute atomic E-state index is 0.0639. The highest BCUT2D eigenvalue weighted by atomic mass is 16.4. The normalized spacial score (nSPS) is 12.3. The zero-order chi connectivity index (χ0) is 23.5. The van der Waals surface area contributed by atoms with Crippen molar-refractivity contribution >= 4 is 5.97 Å². The van der Waals surface area contributed by atoms with Gasteiger partial charge in [0.1, 0.15) is 0 Å². The maximum atomic E-state index is 10.4. The monoisotopic (exact) mass is 454 g/mol. The summed E-state index contributed by atoms with van der Waals surface area (Å²) in [7, 11) is 0. The van der Waals surface area contributed by atoms with Crippen molar-refractivity contribution in [3.63, 3.8) is 0 Å². The van der Waals surface area contributed by atoms with Crippen molar-refractivity contribution in [3.8, 4) is 0 Å². The van der Waals surface area contributed by atoms with Gasteiger partial charge >= 0.3 is 5.97 Å². The van der Waals surface area contributed by atoms with E-state index in [-0.39, 0.29) is 6.10 Å². The fourth-order valence-corrected chi connectivity index (χ4v) is 4.57. The number of aliphatic hydroxyl groups is 1. The fraction of sp³-hybridized carbons (Fsp3) is 0.966.